The van der Waals surface area contributed by atoms with Gasteiger partial charge in [-0.15, -0.1) is 11.3 Å². The van der Waals surface area contributed by atoms with Gasteiger partial charge in [0.25, 0.3) is 0 Å². The average Bonchev–Trinajstić information content (AvgIpc) is 2.76. The van der Waals surface area contributed by atoms with Crippen molar-refractivity contribution < 1.29 is 9.18 Å². The van der Waals surface area contributed by atoms with Gasteiger partial charge < -0.3 is 11.1 Å². The van der Waals surface area contributed by atoms with Crippen LogP contribution in [0, 0.1) is 12.7 Å². The van der Waals surface area contributed by atoms with E-state index in [9.17, 15) is 9.18 Å². The topological polar surface area (TPSA) is 55.1 Å². The van der Waals surface area contributed by atoms with Crippen LogP contribution >= 0.6 is 11.3 Å². The maximum atomic E-state index is 13.6. The van der Waals surface area contributed by atoms with Crippen molar-refractivity contribution in [3.63, 3.8) is 0 Å². The standard InChI is InChI=1S/C13H13FN2OS/c1-8-2-3-12(11(14)4-8)16-6-10-5-9(7-18-10)13(15)17/h2-5,7,16H,6H2,1H3,(H2,15,17). The Morgan fingerprint density at radius 2 is 2.22 bits per heavy atom. The summed E-state index contributed by atoms with van der Waals surface area (Å²) in [6.07, 6.45) is 0. The smallest absolute Gasteiger partial charge is 0.249 e. The van der Waals surface area contributed by atoms with E-state index in [1.54, 1.807) is 17.5 Å². The third-order valence-corrected chi connectivity index (χ3v) is 3.45. The number of halogens is 1. The largest absolute Gasteiger partial charge is 0.378 e. The van der Waals surface area contributed by atoms with Gasteiger partial charge in [0.15, 0.2) is 0 Å². The molecule has 2 rings (SSSR count). The maximum Gasteiger partial charge on any atom is 0.249 e. The minimum Gasteiger partial charge on any atom is -0.378 e. The molecular weight excluding hydrogens is 251 g/mol. The van der Waals surface area contributed by atoms with Gasteiger partial charge in [-0.3, -0.25) is 4.79 Å². The number of benzene rings is 1. The second kappa shape index (κ2) is 5.18. The van der Waals surface area contributed by atoms with Crippen molar-refractivity contribution in [2.24, 2.45) is 5.73 Å². The summed E-state index contributed by atoms with van der Waals surface area (Å²) in [6, 6.07) is 6.74. The van der Waals surface area contributed by atoms with Crippen molar-refractivity contribution >= 4 is 22.9 Å². The number of hydrogen-bond acceptors (Lipinski definition) is 3. The molecule has 0 bridgehead atoms. The summed E-state index contributed by atoms with van der Waals surface area (Å²) in [5.74, 6) is -0.722. The Bertz CT molecular complexity index is 580. The lowest BCUT2D eigenvalue weighted by atomic mass is 10.2. The van der Waals surface area contributed by atoms with Crippen molar-refractivity contribution in [3.05, 3.63) is 51.5 Å². The van der Waals surface area contributed by atoms with Crippen molar-refractivity contribution in [1.82, 2.24) is 0 Å². The number of thiophene rings is 1. The fourth-order valence-corrected chi connectivity index (χ4v) is 2.36. The predicted molar refractivity (Wildman–Crippen MR) is 71.3 cm³/mol. The van der Waals surface area contributed by atoms with Gasteiger partial charge in [0.2, 0.25) is 5.91 Å². The summed E-state index contributed by atoms with van der Waals surface area (Å²) >= 11 is 1.42. The number of rotatable bonds is 4. The molecule has 0 aliphatic heterocycles. The monoisotopic (exact) mass is 264 g/mol. The van der Waals surface area contributed by atoms with Crippen LogP contribution in [-0.2, 0) is 6.54 Å². The molecule has 94 valence electrons. The molecule has 1 aromatic heterocycles. The lowest BCUT2D eigenvalue weighted by molar-refractivity contribution is 0.100. The lowest BCUT2D eigenvalue weighted by Crippen LogP contribution is -2.09. The number of carbonyl (C=O) groups is 1. The molecule has 18 heavy (non-hydrogen) atoms. The van der Waals surface area contributed by atoms with Gasteiger partial charge in [-0.2, -0.15) is 0 Å². The number of nitrogens with one attached hydrogen (secondary N) is 1. The van der Waals surface area contributed by atoms with Crippen LogP contribution in [0.3, 0.4) is 0 Å². The van der Waals surface area contributed by atoms with Crippen LogP contribution in [0.25, 0.3) is 0 Å². The molecule has 0 radical (unpaired) electrons. The highest BCUT2D eigenvalue weighted by Gasteiger charge is 2.06. The highest BCUT2D eigenvalue weighted by molar-refractivity contribution is 7.10. The van der Waals surface area contributed by atoms with Crippen LogP contribution in [0.4, 0.5) is 10.1 Å². The second-order valence-corrected chi connectivity index (χ2v) is 5.00. The normalized spacial score (nSPS) is 10.3. The molecule has 1 heterocycles. The molecule has 2 aromatic rings. The Kier molecular flexibility index (Phi) is 3.62. The van der Waals surface area contributed by atoms with E-state index in [-0.39, 0.29) is 5.82 Å². The number of primary amides is 1. The quantitative estimate of drug-likeness (QED) is 0.892. The molecule has 1 aromatic carbocycles. The first-order chi connectivity index (χ1) is 8.56. The number of nitrogens with two attached hydrogens (primary N) is 1. The SMILES string of the molecule is Cc1ccc(NCc2cc(C(N)=O)cs2)c(F)c1. The molecule has 0 aliphatic carbocycles. The minimum atomic E-state index is -0.445. The Labute approximate surface area is 108 Å². The van der Waals surface area contributed by atoms with Crippen molar-refractivity contribution in [2.75, 3.05) is 5.32 Å². The highest BCUT2D eigenvalue weighted by atomic mass is 32.1. The molecule has 3 N–H and O–H groups in total. The highest BCUT2D eigenvalue weighted by Crippen LogP contribution is 2.19. The van der Waals surface area contributed by atoms with E-state index < -0.39 is 5.91 Å². The summed E-state index contributed by atoms with van der Waals surface area (Å²) in [6.45, 7) is 2.31. The van der Waals surface area contributed by atoms with Crippen LogP contribution in [0.1, 0.15) is 20.8 Å². The van der Waals surface area contributed by atoms with E-state index in [1.807, 2.05) is 13.0 Å². The Hall–Kier alpha value is -1.88. The Morgan fingerprint density at radius 1 is 1.44 bits per heavy atom. The van der Waals surface area contributed by atoms with Gasteiger partial charge in [-0.05, 0) is 30.7 Å². The molecule has 0 spiro atoms. The number of anilines is 1. The fourth-order valence-electron chi connectivity index (χ4n) is 1.55. The Morgan fingerprint density at radius 3 is 2.83 bits per heavy atom. The average molecular weight is 264 g/mol. The van der Waals surface area contributed by atoms with Crippen molar-refractivity contribution in [1.29, 1.82) is 0 Å². The molecule has 0 saturated heterocycles. The molecule has 0 atom stereocenters. The first-order valence-electron chi connectivity index (χ1n) is 5.43. The first-order valence-corrected chi connectivity index (χ1v) is 6.31. The van der Waals surface area contributed by atoms with Crippen LogP contribution in [-0.4, -0.2) is 5.91 Å². The van der Waals surface area contributed by atoms with E-state index in [4.69, 9.17) is 5.73 Å². The minimum absolute atomic E-state index is 0.276. The van der Waals surface area contributed by atoms with Gasteiger partial charge in [0, 0.05) is 16.8 Å². The maximum absolute atomic E-state index is 13.6. The third kappa shape index (κ3) is 2.87. The summed E-state index contributed by atoms with van der Waals surface area (Å²) in [4.78, 5) is 11.9. The molecule has 0 fully saturated rings. The van der Waals surface area contributed by atoms with Gasteiger partial charge in [-0.25, -0.2) is 4.39 Å². The van der Waals surface area contributed by atoms with Gasteiger partial charge >= 0.3 is 0 Å². The van der Waals surface area contributed by atoms with Crippen LogP contribution in [0.5, 0.6) is 0 Å². The van der Waals surface area contributed by atoms with Crippen molar-refractivity contribution in [2.45, 2.75) is 13.5 Å². The molecule has 0 unspecified atom stereocenters. The van der Waals surface area contributed by atoms with Crippen LogP contribution in [0.15, 0.2) is 29.6 Å². The molecule has 5 heteroatoms. The third-order valence-electron chi connectivity index (χ3n) is 2.52. The molecule has 0 aliphatic rings. The van der Waals surface area contributed by atoms with Gasteiger partial charge in [-0.1, -0.05) is 6.07 Å². The summed E-state index contributed by atoms with van der Waals surface area (Å²) < 4.78 is 13.6. The number of amides is 1. The Balaban J connectivity index is 2.04. The van der Waals surface area contributed by atoms with Crippen molar-refractivity contribution in [3.8, 4) is 0 Å². The number of hydrogen-bond donors (Lipinski definition) is 2. The summed E-state index contributed by atoms with van der Waals surface area (Å²) in [7, 11) is 0. The fraction of sp³-hybridized carbons (Fsp3) is 0.154. The van der Waals surface area contributed by atoms with Crippen LogP contribution in [0.2, 0.25) is 0 Å². The lowest BCUT2D eigenvalue weighted by Gasteiger charge is -2.06. The van der Waals surface area contributed by atoms with E-state index in [2.05, 4.69) is 5.32 Å². The molecule has 3 nitrogen and oxygen atoms in total. The van der Waals surface area contributed by atoms with Crippen LogP contribution < -0.4 is 11.1 Å². The zero-order valence-electron chi connectivity index (χ0n) is 9.87. The van der Waals surface area contributed by atoms with E-state index in [0.29, 0.717) is 17.8 Å². The zero-order valence-corrected chi connectivity index (χ0v) is 10.7. The van der Waals surface area contributed by atoms with E-state index >= 15 is 0 Å². The summed E-state index contributed by atoms with van der Waals surface area (Å²) in [5.41, 5.74) is 6.98. The molecule has 0 saturated carbocycles. The first kappa shape index (κ1) is 12.6. The number of carbonyl (C=O) groups excluding carboxylic acids is 1. The van der Waals surface area contributed by atoms with E-state index in [0.717, 1.165) is 10.4 Å². The zero-order chi connectivity index (χ0) is 13.1. The summed E-state index contributed by atoms with van der Waals surface area (Å²) in [5, 5.41) is 4.69. The van der Waals surface area contributed by atoms with Gasteiger partial charge in [0.05, 0.1) is 11.3 Å². The second-order valence-electron chi connectivity index (χ2n) is 4.00. The molecule has 1 amide bonds. The van der Waals surface area contributed by atoms with E-state index in [1.165, 1.54) is 17.4 Å². The predicted octanol–water partition coefficient (Wildman–Crippen LogP) is 2.91. The number of aryl methyl sites for hydroxylation is 1. The molecular formula is C13H13FN2OS. The van der Waals surface area contributed by atoms with Gasteiger partial charge in [0.1, 0.15) is 5.82 Å².